The summed E-state index contributed by atoms with van der Waals surface area (Å²) in [7, 11) is 0. The molecule has 0 atom stereocenters. The monoisotopic (exact) mass is 128 g/mol. The molecule has 0 radical (unpaired) electrons. The highest BCUT2D eigenvalue weighted by Gasteiger charge is 1.91. The van der Waals surface area contributed by atoms with Gasteiger partial charge in [0.2, 0.25) is 0 Å². The van der Waals surface area contributed by atoms with Crippen LogP contribution in [0.15, 0.2) is 12.2 Å². The molecule has 1 nitrogen and oxygen atoms in total. The maximum Gasteiger partial charge on any atom is 0.0519 e. The van der Waals surface area contributed by atoms with Gasteiger partial charge in [-0.15, -0.1) is 6.58 Å². The number of hydrogen-bond acceptors (Lipinski definition) is 1. The van der Waals surface area contributed by atoms with Gasteiger partial charge in [0.1, 0.15) is 0 Å². The largest absolute Gasteiger partial charge is 0.378 e. The van der Waals surface area contributed by atoms with E-state index >= 15 is 0 Å². The van der Waals surface area contributed by atoms with E-state index in [0.29, 0.717) is 6.10 Å². The average molecular weight is 128 g/mol. The molecule has 0 aliphatic carbocycles. The second-order valence-electron chi connectivity index (χ2n) is 2.63. The van der Waals surface area contributed by atoms with E-state index in [0.717, 1.165) is 13.0 Å². The van der Waals surface area contributed by atoms with Gasteiger partial charge < -0.3 is 4.74 Å². The molecule has 0 bridgehead atoms. The normalized spacial score (nSPS) is 10.2. The van der Waals surface area contributed by atoms with Crippen molar-refractivity contribution in [3.63, 3.8) is 0 Å². The lowest BCUT2D eigenvalue weighted by molar-refractivity contribution is 0.0814. The molecule has 0 aromatic rings. The van der Waals surface area contributed by atoms with Gasteiger partial charge in [-0.2, -0.15) is 0 Å². The summed E-state index contributed by atoms with van der Waals surface area (Å²) in [6.07, 6.45) is 1.34. The van der Waals surface area contributed by atoms with Crippen LogP contribution in [0.5, 0.6) is 0 Å². The van der Waals surface area contributed by atoms with Gasteiger partial charge >= 0.3 is 0 Å². The summed E-state index contributed by atoms with van der Waals surface area (Å²) in [4.78, 5) is 0. The van der Waals surface area contributed by atoms with E-state index in [1.165, 1.54) is 5.57 Å². The lowest BCUT2D eigenvalue weighted by Gasteiger charge is -2.05. The summed E-state index contributed by atoms with van der Waals surface area (Å²) >= 11 is 0. The molecule has 1 heteroatoms. The topological polar surface area (TPSA) is 9.23 Å². The molecule has 0 saturated heterocycles. The van der Waals surface area contributed by atoms with E-state index in [1.807, 2.05) is 20.8 Å². The highest BCUT2D eigenvalue weighted by Crippen LogP contribution is 1.97. The molecule has 0 aromatic heterocycles. The fourth-order valence-corrected chi connectivity index (χ4v) is 0.469. The molecule has 0 heterocycles. The van der Waals surface area contributed by atoms with E-state index in [-0.39, 0.29) is 0 Å². The van der Waals surface area contributed by atoms with Crippen molar-refractivity contribution >= 4 is 0 Å². The molecule has 0 unspecified atom stereocenters. The summed E-state index contributed by atoms with van der Waals surface area (Å²) in [5.41, 5.74) is 1.19. The van der Waals surface area contributed by atoms with Gasteiger partial charge in [0.15, 0.2) is 0 Å². The van der Waals surface area contributed by atoms with Crippen molar-refractivity contribution < 1.29 is 4.74 Å². The quantitative estimate of drug-likeness (QED) is 0.528. The SMILES string of the molecule is C=C(C)CCOC(C)C. The highest BCUT2D eigenvalue weighted by molar-refractivity contribution is 4.87. The Morgan fingerprint density at radius 2 is 2.11 bits per heavy atom. The third kappa shape index (κ3) is 7.70. The zero-order valence-corrected chi connectivity index (χ0v) is 6.61. The molecular formula is C8H16O. The Labute approximate surface area is 57.7 Å². The molecule has 0 rings (SSSR count). The van der Waals surface area contributed by atoms with Crippen LogP contribution in [-0.4, -0.2) is 12.7 Å². The van der Waals surface area contributed by atoms with Gasteiger partial charge in [-0.3, -0.25) is 0 Å². The minimum absolute atomic E-state index is 0.351. The number of hydrogen-bond donors (Lipinski definition) is 0. The van der Waals surface area contributed by atoms with Crippen molar-refractivity contribution in [3.05, 3.63) is 12.2 Å². The second kappa shape index (κ2) is 4.57. The average Bonchev–Trinajstić information content (AvgIpc) is 1.63. The number of rotatable bonds is 4. The van der Waals surface area contributed by atoms with Crippen molar-refractivity contribution in [2.75, 3.05) is 6.61 Å². The molecule has 0 saturated carbocycles. The van der Waals surface area contributed by atoms with Crippen molar-refractivity contribution in [2.24, 2.45) is 0 Å². The van der Waals surface area contributed by atoms with Crippen molar-refractivity contribution in [2.45, 2.75) is 33.3 Å². The predicted octanol–water partition coefficient (Wildman–Crippen LogP) is 2.38. The fraction of sp³-hybridized carbons (Fsp3) is 0.750. The highest BCUT2D eigenvalue weighted by atomic mass is 16.5. The third-order valence-electron chi connectivity index (χ3n) is 0.980. The first kappa shape index (κ1) is 8.70. The zero-order chi connectivity index (χ0) is 7.28. The van der Waals surface area contributed by atoms with Gasteiger partial charge in [-0.25, -0.2) is 0 Å². The molecule has 9 heavy (non-hydrogen) atoms. The van der Waals surface area contributed by atoms with Gasteiger partial charge in [-0.05, 0) is 27.2 Å². The third-order valence-corrected chi connectivity index (χ3v) is 0.980. The number of ether oxygens (including phenoxy) is 1. The maximum absolute atomic E-state index is 5.29. The Balaban J connectivity index is 3.01. The summed E-state index contributed by atoms with van der Waals surface area (Å²) in [6, 6.07) is 0. The van der Waals surface area contributed by atoms with Gasteiger partial charge in [-0.1, -0.05) is 5.57 Å². The van der Waals surface area contributed by atoms with E-state index in [2.05, 4.69) is 6.58 Å². The zero-order valence-electron chi connectivity index (χ0n) is 6.61. The lowest BCUT2D eigenvalue weighted by atomic mass is 10.3. The van der Waals surface area contributed by atoms with Crippen LogP contribution in [-0.2, 0) is 4.74 Å². The van der Waals surface area contributed by atoms with Crippen LogP contribution >= 0.6 is 0 Å². The first-order valence-electron chi connectivity index (χ1n) is 3.39. The first-order chi connectivity index (χ1) is 4.13. The van der Waals surface area contributed by atoms with Crippen LogP contribution in [0, 0.1) is 0 Å². The van der Waals surface area contributed by atoms with Crippen LogP contribution in [0.25, 0.3) is 0 Å². The summed E-state index contributed by atoms with van der Waals surface area (Å²) in [5.74, 6) is 0. The fourth-order valence-electron chi connectivity index (χ4n) is 0.469. The van der Waals surface area contributed by atoms with Gasteiger partial charge in [0, 0.05) is 0 Å². The molecule has 0 amide bonds. The lowest BCUT2D eigenvalue weighted by Crippen LogP contribution is -2.03. The minimum Gasteiger partial charge on any atom is -0.378 e. The molecule has 0 spiro atoms. The predicted molar refractivity (Wildman–Crippen MR) is 40.5 cm³/mol. The first-order valence-corrected chi connectivity index (χ1v) is 3.39. The van der Waals surface area contributed by atoms with Crippen molar-refractivity contribution in [3.8, 4) is 0 Å². The minimum atomic E-state index is 0.351. The molecule has 54 valence electrons. The van der Waals surface area contributed by atoms with Crippen LogP contribution < -0.4 is 0 Å². The summed E-state index contributed by atoms with van der Waals surface area (Å²) in [5, 5.41) is 0. The van der Waals surface area contributed by atoms with Crippen molar-refractivity contribution in [1.29, 1.82) is 0 Å². The molecule has 0 aliphatic heterocycles. The van der Waals surface area contributed by atoms with Crippen LogP contribution in [0.3, 0.4) is 0 Å². The standard InChI is InChI=1S/C8H16O/c1-7(2)5-6-9-8(3)4/h8H,1,5-6H2,2-4H3. The van der Waals surface area contributed by atoms with Crippen molar-refractivity contribution in [1.82, 2.24) is 0 Å². The van der Waals surface area contributed by atoms with Gasteiger partial charge in [0.25, 0.3) is 0 Å². The molecular weight excluding hydrogens is 112 g/mol. The second-order valence-corrected chi connectivity index (χ2v) is 2.63. The van der Waals surface area contributed by atoms with E-state index in [9.17, 15) is 0 Å². The smallest absolute Gasteiger partial charge is 0.0519 e. The maximum atomic E-state index is 5.29. The Morgan fingerprint density at radius 3 is 2.44 bits per heavy atom. The van der Waals surface area contributed by atoms with E-state index in [4.69, 9.17) is 4.74 Å². The van der Waals surface area contributed by atoms with Crippen LogP contribution in [0.1, 0.15) is 27.2 Å². The van der Waals surface area contributed by atoms with E-state index < -0.39 is 0 Å². The Bertz CT molecular complexity index is 84.6. The van der Waals surface area contributed by atoms with Crippen LogP contribution in [0.2, 0.25) is 0 Å². The molecule has 0 fully saturated rings. The van der Waals surface area contributed by atoms with E-state index in [1.54, 1.807) is 0 Å². The van der Waals surface area contributed by atoms with Gasteiger partial charge in [0.05, 0.1) is 12.7 Å². The molecule has 0 N–H and O–H groups in total. The Kier molecular flexibility index (Phi) is 4.41. The summed E-state index contributed by atoms with van der Waals surface area (Å²) in [6.45, 7) is 10.7. The summed E-state index contributed by atoms with van der Waals surface area (Å²) < 4.78 is 5.29. The molecule has 0 aliphatic rings. The van der Waals surface area contributed by atoms with Crippen LogP contribution in [0.4, 0.5) is 0 Å². The Morgan fingerprint density at radius 1 is 1.56 bits per heavy atom. The molecule has 0 aromatic carbocycles. The Hall–Kier alpha value is -0.300.